The van der Waals surface area contributed by atoms with Crippen molar-refractivity contribution in [1.29, 1.82) is 0 Å². The molecule has 2 aliphatic carbocycles. The molecule has 1 amide bonds. The first-order valence-electron chi connectivity index (χ1n) is 10.1. The van der Waals surface area contributed by atoms with E-state index in [4.69, 9.17) is 0 Å². The molecule has 0 radical (unpaired) electrons. The SMILES string of the molecule is CC12CCC(C/C1=N/NC(=O)CSc1nnc(NCc3ccc(F)cc3)s1)C2(C)C. The lowest BCUT2D eigenvalue weighted by atomic mass is 9.70. The van der Waals surface area contributed by atoms with E-state index in [2.05, 4.69) is 46.8 Å². The molecule has 0 spiro atoms. The van der Waals surface area contributed by atoms with Gasteiger partial charge in [-0.1, -0.05) is 56.0 Å². The van der Waals surface area contributed by atoms with Crippen LogP contribution in [0.5, 0.6) is 0 Å². The molecule has 2 N–H and O–H groups in total. The third kappa shape index (κ3) is 4.09. The van der Waals surface area contributed by atoms with Crippen LogP contribution in [0.25, 0.3) is 0 Å². The zero-order valence-corrected chi connectivity index (χ0v) is 19.0. The van der Waals surface area contributed by atoms with Crippen LogP contribution < -0.4 is 10.7 Å². The van der Waals surface area contributed by atoms with Crippen molar-refractivity contribution in [3.63, 3.8) is 0 Å². The van der Waals surface area contributed by atoms with Gasteiger partial charge in [0.1, 0.15) is 5.82 Å². The molecule has 1 heterocycles. The van der Waals surface area contributed by atoms with E-state index in [1.54, 1.807) is 12.1 Å². The number of hydrogen-bond acceptors (Lipinski definition) is 7. The minimum atomic E-state index is -0.255. The number of amides is 1. The number of hydrogen-bond donors (Lipinski definition) is 2. The maximum Gasteiger partial charge on any atom is 0.250 e. The van der Waals surface area contributed by atoms with Crippen molar-refractivity contribution < 1.29 is 9.18 Å². The number of anilines is 1. The second-order valence-corrected chi connectivity index (χ2v) is 10.9. The van der Waals surface area contributed by atoms with Gasteiger partial charge in [0, 0.05) is 17.7 Å². The number of halogens is 1. The van der Waals surface area contributed by atoms with Crippen LogP contribution in [0, 0.1) is 22.6 Å². The van der Waals surface area contributed by atoms with E-state index in [1.165, 1.54) is 41.7 Å². The van der Waals surface area contributed by atoms with Crippen LogP contribution in [-0.2, 0) is 11.3 Å². The Balaban J connectivity index is 1.24. The fraction of sp³-hybridized carbons (Fsp3) is 0.524. The summed E-state index contributed by atoms with van der Waals surface area (Å²) in [5, 5.41) is 16.5. The average Bonchev–Trinajstić information content (AvgIpc) is 3.32. The van der Waals surface area contributed by atoms with Gasteiger partial charge in [-0.25, -0.2) is 9.82 Å². The molecular formula is C21H26FN5OS2. The number of aromatic nitrogens is 2. The fourth-order valence-electron chi connectivity index (χ4n) is 4.51. The Morgan fingerprint density at radius 3 is 2.73 bits per heavy atom. The summed E-state index contributed by atoms with van der Waals surface area (Å²) in [6.45, 7) is 7.46. The monoisotopic (exact) mass is 447 g/mol. The average molecular weight is 448 g/mol. The Morgan fingerprint density at radius 1 is 1.30 bits per heavy atom. The highest BCUT2D eigenvalue weighted by Crippen LogP contribution is 2.63. The molecule has 30 heavy (non-hydrogen) atoms. The largest absolute Gasteiger partial charge is 0.356 e. The molecule has 0 saturated heterocycles. The first kappa shape index (κ1) is 21.2. The van der Waals surface area contributed by atoms with Crippen molar-refractivity contribution in [2.45, 2.75) is 50.9 Å². The Bertz CT molecular complexity index is 959. The van der Waals surface area contributed by atoms with Crippen LogP contribution in [0.2, 0.25) is 0 Å². The van der Waals surface area contributed by atoms with E-state index in [1.807, 2.05) is 0 Å². The van der Waals surface area contributed by atoms with Gasteiger partial charge in [-0.15, -0.1) is 10.2 Å². The first-order valence-corrected chi connectivity index (χ1v) is 11.9. The van der Waals surface area contributed by atoms with Gasteiger partial charge in [-0.3, -0.25) is 4.79 Å². The number of rotatable bonds is 7. The minimum Gasteiger partial charge on any atom is -0.356 e. The van der Waals surface area contributed by atoms with E-state index >= 15 is 0 Å². The van der Waals surface area contributed by atoms with Gasteiger partial charge in [0.15, 0.2) is 4.34 Å². The first-order chi connectivity index (χ1) is 14.3. The molecule has 2 aromatic rings. The lowest BCUT2D eigenvalue weighted by molar-refractivity contribution is -0.118. The number of carbonyl (C=O) groups excluding carboxylic acids is 1. The number of thioether (sulfide) groups is 1. The number of fused-ring (bicyclic) bond motifs is 2. The highest BCUT2D eigenvalue weighted by atomic mass is 32.2. The zero-order valence-electron chi connectivity index (χ0n) is 17.4. The van der Waals surface area contributed by atoms with Gasteiger partial charge in [-0.05, 0) is 48.3 Å². The van der Waals surface area contributed by atoms with Crippen molar-refractivity contribution in [2.24, 2.45) is 21.8 Å². The molecule has 6 nitrogen and oxygen atoms in total. The van der Waals surface area contributed by atoms with Gasteiger partial charge in [0.05, 0.1) is 5.75 Å². The summed E-state index contributed by atoms with van der Waals surface area (Å²) in [4.78, 5) is 12.3. The number of nitrogens with one attached hydrogen (secondary N) is 2. The molecule has 160 valence electrons. The van der Waals surface area contributed by atoms with E-state index in [-0.39, 0.29) is 28.3 Å². The van der Waals surface area contributed by atoms with Gasteiger partial charge in [-0.2, -0.15) is 5.10 Å². The third-order valence-electron chi connectivity index (χ3n) is 6.92. The molecular weight excluding hydrogens is 421 g/mol. The standard InChI is InChI=1S/C21H26FN5OS2/c1-20(2)14-8-9-21(20,3)16(10-14)24-25-17(28)12-29-19-27-26-18(30-19)23-11-13-4-6-15(22)7-5-13/h4-7,14H,8-12H2,1-3H3,(H,23,26)(H,25,28)/b24-16-. The normalized spacial score (nSPS) is 25.6. The molecule has 2 fully saturated rings. The smallest absolute Gasteiger partial charge is 0.250 e. The lowest BCUT2D eigenvalue weighted by Crippen LogP contribution is -2.34. The molecule has 9 heteroatoms. The third-order valence-corrected chi connectivity index (χ3v) is 8.93. The molecule has 2 saturated carbocycles. The summed E-state index contributed by atoms with van der Waals surface area (Å²) in [7, 11) is 0. The molecule has 2 aliphatic rings. The van der Waals surface area contributed by atoms with Crippen molar-refractivity contribution in [2.75, 3.05) is 11.1 Å². The maximum absolute atomic E-state index is 13.0. The Kier molecular flexibility index (Phi) is 5.85. The van der Waals surface area contributed by atoms with Crippen LogP contribution in [-0.4, -0.2) is 27.6 Å². The predicted octanol–water partition coefficient (Wildman–Crippen LogP) is 4.70. The van der Waals surface area contributed by atoms with Gasteiger partial charge in [0.25, 0.3) is 5.91 Å². The quantitative estimate of drug-likeness (QED) is 0.475. The molecule has 1 aromatic heterocycles. The molecule has 2 atom stereocenters. The van der Waals surface area contributed by atoms with Crippen molar-refractivity contribution in [3.8, 4) is 0 Å². The van der Waals surface area contributed by atoms with Gasteiger partial charge >= 0.3 is 0 Å². The van der Waals surface area contributed by atoms with Gasteiger partial charge < -0.3 is 5.32 Å². The van der Waals surface area contributed by atoms with E-state index in [9.17, 15) is 9.18 Å². The van der Waals surface area contributed by atoms with E-state index in [0.29, 0.717) is 21.9 Å². The molecule has 0 aliphatic heterocycles. The number of nitrogens with zero attached hydrogens (tertiary/aromatic N) is 3. The summed E-state index contributed by atoms with van der Waals surface area (Å²) in [6.07, 6.45) is 3.38. The number of carbonyl (C=O) groups is 1. The number of hydrazone groups is 1. The Hall–Kier alpha value is -2.00. The molecule has 4 rings (SSSR count). The summed E-state index contributed by atoms with van der Waals surface area (Å²) in [5.41, 5.74) is 5.16. The van der Waals surface area contributed by atoms with Crippen LogP contribution in [0.1, 0.15) is 45.6 Å². The van der Waals surface area contributed by atoms with Crippen molar-refractivity contribution in [1.82, 2.24) is 15.6 Å². The summed E-state index contributed by atoms with van der Waals surface area (Å²) >= 11 is 2.73. The van der Waals surface area contributed by atoms with Gasteiger partial charge in [0.2, 0.25) is 5.13 Å². The summed E-state index contributed by atoms with van der Waals surface area (Å²) in [6, 6.07) is 6.31. The highest BCUT2D eigenvalue weighted by Gasteiger charge is 2.60. The minimum absolute atomic E-state index is 0.0857. The predicted molar refractivity (Wildman–Crippen MR) is 119 cm³/mol. The molecule has 2 bridgehead atoms. The number of benzene rings is 1. The fourth-order valence-corrected chi connectivity index (χ4v) is 6.05. The van der Waals surface area contributed by atoms with Crippen LogP contribution >= 0.6 is 23.1 Å². The Labute approximate surface area is 184 Å². The summed E-state index contributed by atoms with van der Waals surface area (Å²) < 4.78 is 13.7. The topological polar surface area (TPSA) is 79.3 Å². The zero-order chi connectivity index (χ0) is 21.4. The van der Waals surface area contributed by atoms with Crippen molar-refractivity contribution >= 4 is 39.8 Å². The lowest BCUT2D eigenvalue weighted by Gasteiger charge is -2.34. The van der Waals surface area contributed by atoms with E-state index in [0.717, 1.165) is 24.1 Å². The Morgan fingerprint density at radius 2 is 2.07 bits per heavy atom. The van der Waals surface area contributed by atoms with Crippen LogP contribution in [0.15, 0.2) is 33.7 Å². The second kappa shape index (κ2) is 8.26. The molecule has 1 aromatic carbocycles. The molecule has 2 unspecified atom stereocenters. The second-order valence-electron chi connectivity index (χ2n) is 8.73. The maximum atomic E-state index is 13.0. The van der Waals surface area contributed by atoms with Crippen LogP contribution in [0.3, 0.4) is 0 Å². The van der Waals surface area contributed by atoms with E-state index < -0.39 is 0 Å². The van der Waals surface area contributed by atoms with Crippen LogP contribution in [0.4, 0.5) is 9.52 Å². The van der Waals surface area contributed by atoms with Crippen molar-refractivity contribution in [3.05, 3.63) is 35.6 Å². The highest BCUT2D eigenvalue weighted by molar-refractivity contribution is 8.01. The summed E-state index contributed by atoms with van der Waals surface area (Å²) in [5.74, 6) is 0.518.